The van der Waals surface area contributed by atoms with Gasteiger partial charge < -0.3 is 14.6 Å². The van der Waals surface area contributed by atoms with E-state index in [4.69, 9.17) is 19.3 Å². The second kappa shape index (κ2) is 6.10. The Labute approximate surface area is 168 Å². The number of amides is 1. The standard InChI is InChI=1S/C21H24N2O6/c1-4-16-21(26)13-10-28-17(18(21)29-11(2)24)20(9-14(13)22-16)12-7-5-6-8-15(12)23(27-3)19(20)25/h5-8,13-14,17-18,26H,4,9-10H2,1-3H3/t13-,14+,17-,18+,20+,21+/m1/s1. The number of ether oxygens (including phenoxy) is 2. The van der Waals surface area contributed by atoms with E-state index in [2.05, 4.69) is 0 Å². The summed E-state index contributed by atoms with van der Waals surface area (Å²) in [5, 5.41) is 13.1. The highest BCUT2D eigenvalue weighted by atomic mass is 16.7. The summed E-state index contributed by atoms with van der Waals surface area (Å²) in [6.07, 6.45) is -0.973. The largest absolute Gasteiger partial charge is 0.456 e. The normalized spacial score (nSPS) is 39.5. The third-order valence-corrected chi connectivity index (χ3v) is 6.97. The Morgan fingerprint density at radius 3 is 2.86 bits per heavy atom. The van der Waals surface area contributed by atoms with Gasteiger partial charge >= 0.3 is 5.97 Å². The van der Waals surface area contributed by atoms with E-state index in [9.17, 15) is 14.7 Å². The summed E-state index contributed by atoms with van der Waals surface area (Å²) in [7, 11) is 1.44. The summed E-state index contributed by atoms with van der Waals surface area (Å²) in [6.45, 7) is 3.47. The first-order chi connectivity index (χ1) is 13.9. The van der Waals surface area contributed by atoms with Crippen LogP contribution in [0.4, 0.5) is 5.69 Å². The van der Waals surface area contributed by atoms with Crippen LogP contribution in [0.15, 0.2) is 29.3 Å². The van der Waals surface area contributed by atoms with Crippen molar-refractivity contribution in [1.29, 1.82) is 0 Å². The molecule has 1 saturated carbocycles. The number of nitrogens with zero attached hydrogens (tertiary/aromatic N) is 2. The smallest absolute Gasteiger partial charge is 0.303 e. The van der Waals surface area contributed by atoms with Crippen LogP contribution >= 0.6 is 0 Å². The SMILES string of the molecule is CCC1=N[C@H]2C[C@@]3(C(=O)N(OC)c4ccccc43)[C@@H]3OC[C@H]2[C@@]1(O)[C@H]3OC(C)=O. The number of carbonyl (C=O) groups excluding carboxylic acids is 2. The molecule has 0 unspecified atom stereocenters. The van der Waals surface area contributed by atoms with Crippen LogP contribution in [0, 0.1) is 5.92 Å². The molecule has 29 heavy (non-hydrogen) atoms. The van der Waals surface area contributed by atoms with Crippen LogP contribution in [-0.4, -0.2) is 60.3 Å². The molecule has 0 radical (unpaired) electrons. The van der Waals surface area contributed by atoms with Gasteiger partial charge in [0.15, 0.2) is 6.10 Å². The maximum Gasteiger partial charge on any atom is 0.303 e. The van der Waals surface area contributed by atoms with Crippen LogP contribution in [0.3, 0.4) is 0 Å². The van der Waals surface area contributed by atoms with Gasteiger partial charge in [0.1, 0.15) is 17.1 Å². The Balaban J connectivity index is 1.76. The first-order valence-electron chi connectivity index (χ1n) is 9.96. The lowest BCUT2D eigenvalue weighted by Crippen LogP contribution is -2.67. The van der Waals surface area contributed by atoms with Gasteiger partial charge in [0, 0.05) is 18.6 Å². The molecule has 4 aliphatic heterocycles. The Hall–Kier alpha value is -2.29. The molecule has 5 aliphatic rings. The molecule has 8 heteroatoms. The van der Waals surface area contributed by atoms with Crippen molar-refractivity contribution >= 4 is 23.3 Å². The molecule has 1 amide bonds. The molecule has 154 valence electrons. The van der Waals surface area contributed by atoms with Crippen molar-refractivity contribution in [2.45, 2.75) is 56.0 Å². The fraction of sp³-hybridized carbons (Fsp3) is 0.571. The molecule has 1 aliphatic carbocycles. The fourth-order valence-corrected chi connectivity index (χ4v) is 5.87. The highest BCUT2D eigenvalue weighted by molar-refractivity contribution is 6.08. The quantitative estimate of drug-likeness (QED) is 0.765. The van der Waals surface area contributed by atoms with E-state index >= 15 is 0 Å². The van der Waals surface area contributed by atoms with Gasteiger partial charge in [-0.25, -0.2) is 0 Å². The number of fused-ring (bicyclic) bond motifs is 2. The van der Waals surface area contributed by atoms with E-state index in [0.29, 0.717) is 24.2 Å². The van der Waals surface area contributed by atoms with Crippen LogP contribution in [0.25, 0.3) is 0 Å². The average molecular weight is 400 g/mol. The number of aliphatic hydroxyl groups is 1. The van der Waals surface area contributed by atoms with Crippen molar-refractivity contribution in [3.63, 3.8) is 0 Å². The van der Waals surface area contributed by atoms with Gasteiger partial charge in [-0.15, -0.1) is 0 Å². The van der Waals surface area contributed by atoms with E-state index in [1.807, 2.05) is 31.2 Å². The van der Waals surface area contributed by atoms with E-state index in [-0.39, 0.29) is 24.5 Å². The van der Waals surface area contributed by atoms with Gasteiger partial charge in [0.25, 0.3) is 5.91 Å². The van der Waals surface area contributed by atoms with Gasteiger partial charge in [0.2, 0.25) is 0 Å². The Morgan fingerprint density at radius 1 is 1.41 bits per heavy atom. The minimum Gasteiger partial charge on any atom is -0.456 e. The minimum absolute atomic E-state index is 0.251. The van der Waals surface area contributed by atoms with Crippen molar-refractivity contribution in [2.75, 3.05) is 18.8 Å². The zero-order valence-corrected chi connectivity index (χ0v) is 16.6. The first kappa shape index (κ1) is 18.7. The zero-order valence-electron chi connectivity index (χ0n) is 16.6. The number of anilines is 1. The van der Waals surface area contributed by atoms with Crippen molar-refractivity contribution < 1.29 is 29.0 Å². The fourth-order valence-electron chi connectivity index (χ4n) is 5.87. The minimum atomic E-state index is -1.44. The number of hydrogen-bond donors (Lipinski definition) is 1. The number of esters is 1. The molecule has 1 aromatic rings. The van der Waals surface area contributed by atoms with Crippen molar-refractivity contribution in [3.8, 4) is 0 Å². The lowest BCUT2D eigenvalue weighted by molar-refractivity contribution is -0.213. The molecule has 8 nitrogen and oxygen atoms in total. The number of hydroxylamine groups is 1. The van der Waals surface area contributed by atoms with E-state index in [1.54, 1.807) is 0 Å². The van der Waals surface area contributed by atoms with Gasteiger partial charge in [-0.05, 0) is 24.5 Å². The van der Waals surface area contributed by atoms with Gasteiger partial charge in [-0.3, -0.25) is 19.4 Å². The summed E-state index contributed by atoms with van der Waals surface area (Å²) < 4.78 is 11.9. The molecule has 6 rings (SSSR count). The number of para-hydroxylation sites is 1. The molecule has 6 atom stereocenters. The van der Waals surface area contributed by atoms with Crippen LogP contribution in [0.1, 0.15) is 32.3 Å². The predicted octanol–water partition coefficient (Wildman–Crippen LogP) is 1.15. The van der Waals surface area contributed by atoms with E-state index in [0.717, 1.165) is 5.56 Å². The van der Waals surface area contributed by atoms with Gasteiger partial charge in [-0.2, -0.15) is 5.06 Å². The number of rotatable bonds is 3. The molecule has 4 heterocycles. The number of aliphatic imine (C=N–C) groups is 1. The molecular formula is C21H24N2O6. The molecule has 1 aromatic carbocycles. The lowest BCUT2D eigenvalue weighted by atomic mass is 9.69. The summed E-state index contributed by atoms with van der Waals surface area (Å²) in [6, 6.07) is 7.08. The third-order valence-electron chi connectivity index (χ3n) is 6.97. The highest BCUT2D eigenvalue weighted by Gasteiger charge is 2.73. The topological polar surface area (TPSA) is 97.7 Å². The van der Waals surface area contributed by atoms with Crippen LogP contribution < -0.4 is 5.06 Å². The summed E-state index contributed by atoms with van der Waals surface area (Å²) in [4.78, 5) is 35.9. The maximum absolute atomic E-state index is 13.7. The number of benzene rings is 1. The first-order valence-corrected chi connectivity index (χ1v) is 9.96. The molecule has 3 fully saturated rings. The number of hydrogen-bond acceptors (Lipinski definition) is 7. The second-order valence-electron chi connectivity index (χ2n) is 8.19. The summed E-state index contributed by atoms with van der Waals surface area (Å²) in [5.41, 5.74) is -0.589. The van der Waals surface area contributed by atoms with Gasteiger partial charge in [-0.1, -0.05) is 25.1 Å². The molecule has 1 N–H and O–H groups in total. The predicted molar refractivity (Wildman–Crippen MR) is 102 cm³/mol. The molecular weight excluding hydrogens is 376 g/mol. The van der Waals surface area contributed by atoms with Crippen LogP contribution in [-0.2, 0) is 29.3 Å². The van der Waals surface area contributed by atoms with Crippen LogP contribution in [0.2, 0.25) is 0 Å². The van der Waals surface area contributed by atoms with E-state index < -0.39 is 29.2 Å². The van der Waals surface area contributed by atoms with E-state index in [1.165, 1.54) is 19.1 Å². The monoisotopic (exact) mass is 400 g/mol. The molecule has 2 saturated heterocycles. The lowest BCUT2D eigenvalue weighted by Gasteiger charge is -2.47. The van der Waals surface area contributed by atoms with Crippen LogP contribution in [0.5, 0.6) is 0 Å². The molecule has 1 spiro atoms. The van der Waals surface area contributed by atoms with Crippen molar-refractivity contribution in [2.24, 2.45) is 10.9 Å². The zero-order chi connectivity index (χ0) is 20.6. The number of carbonyl (C=O) groups is 2. The highest BCUT2D eigenvalue weighted by Crippen LogP contribution is 2.58. The molecule has 0 aromatic heterocycles. The van der Waals surface area contributed by atoms with Crippen molar-refractivity contribution in [3.05, 3.63) is 29.8 Å². The Morgan fingerprint density at radius 2 is 2.17 bits per heavy atom. The maximum atomic E-state index is 13.7. The molecule has 4 bridgehead atoms. The summed E-state index contributed by atoms with van der Waals surface area (Å²) >= 11 is 0. The second-order valence-corrected chi connectivity index (χ2v) is 8.19. The van der Waals surface area contributed by atoms with Crippen molar-refractivity contribution in [1.82, 2.24) is 0 Å². The Bertz CT molecular complexity index is 932. The Kier molecular flexibility index (Phi) is 3.94. The average Bonchev–Trinajstić information content (AvgIpc) is 3.00. The van der Waals surface area contributed by atoms with Gasteiger partial charge in [0.05, 0.1) is 25.4 Å². The third kappa shape index (κ3) is 2.11. The summed E-state index contributed by atoms with van der Waals surface area (Å²) in [5.74, 6) is -1.18.